The number of sulfonamides is 1. The van der Waals surface area contributed by atoms with Crippen LogP contribution in [0.4, 0.5) is 5.69 Å². The van der Waals surface area contributed by atoms with Crippen molar-refractivity contribution in [2.45, 2.75) is 18.7 Å². The normalized spacial score (nSPS) is 11.2. The fraction of sp³-hybridized carbons (Fsp3) is 0.250. The second kappa shape index (κ2) is 6.68. The summed E-state index contributed by atoms with van der Waals surface area (Å²) in [5, 5.41) is 0.408. The number of rotatable bonds is 5. The molecule has 0 aliphatic carbocycles. The zero-order valence-corrected chi connectivity index (χ0v) is 14.9. The minimum atomic E-state index is -3.79. The molecule has 124 valence electrons. The maximum absolute atomic E-state index is 12.7. The summed E-state index contributed by atoms with van der Waals surface area (Å²) in [6.07, 6.45) is 0. The Balaban J connectivity index is 2.48. The van der Waals surface area contributed by atoms with Crippen molar-refractivity contribution >= 4 is 27.3 Å². The quantitative estimate of drug-likeness (QED) is 0.886. The second-order valence-electron chi connectivity index (χ2n) is 5.04. The molecule has 0 aromatic heterocycles. The van der Waals surface area contributed by atoms with Crippen molar-refractivity contribution in [3.8, 4) is 11.5 Å². The molecule has 1 N–H and O–H groups in total. The molecule has 0 aliphatic heterocycles. The van der Waals surface area contributed by atoms with E-state index in [4.69, 9.17) is 21.1 Å². The third kappa shape index (κ3) is 3.71. The molecule has 7 heteroatoms. The van der Waals surface area contributed by atoms with Crippen LogP contribution in [0.3, 0.4) is 0 Å². The summed E-state index contributed by atoms with van der Waals surface area (Å²) in [7, 11) is -0.776. The summed E-state index contributed by atoms with van der Waals surface area (Å²) < 4.78 is 38.3. The van der Waals surface area contributed by atoms with E-state index in [0.29, 0.717) is 22.1 Å². The summed E-state index contributed by atoms with van der Waals surface area (Å²) in [5.74, 6) is 1.03. The zero-order chi connectivity index (χ0) is 17.2. The van der Waals surface area contributed by atoms with E-state index >= 15 is 0 Å². The lowest BCUT2D eigenvalue weighted by Crippen LogP contribution is -2.15. The fourth-order valence-corrected chi connectivity index (χ4v) is 3.78. The third-order valence-electron chi connectivity index (χ3n) is 3.39. The Morgan fingerprint density at radius 1 is 0.957 bits per heavy atom. The van der Waals surface area contributed by atoms with Gasteiger partial charge in [-0.15, -0.1) is 0 Å². The van der Waals surface area contributed by atoms with Crippen molar-refractivity contribution in [2.75, 3.05) is 18.9 Å². The number of anilines is 1. The van der Waals surface area contributed by atoms with E-state index in [1.165, 1.54) is 13.2 Å². The van der Waals surface area contributed by atoms with Crippen LogP contribution in [0, 0.1) is 13.8 Å². The molecular weight excluding hydrogens is 338 g/mol. The maximum Gasteiger partial charge on any atom is 0.262 e. The Hall–Kier alpha value is -1.92. The molecule has 2 aromatic rings. The van der Waals surface area contributed by atoms with Crippen LogP contribution in [0.5, 0.6) is 11.5 Å². The monoisotopic (exact) mass is 355 g/mol. The average molecular weight is 356 g/mol. The number of nitrogens with one attached hydrogen (secondary N) is 1. The topological polar surface area (TPSA) is 64.6 Å². The first kappa shape index (κ1) is 17.4. The van der Waals surface area contributed by atoms with E-state index in [2.05, 4.69) is 4.72 Å². The highest BCUT2D eigenvalue weighted by molar-refractivity contribution is 7.92. The molecule has 0 fully saturated rings. The van der Waals surface area contributed by atoms with Gasteiger partial charge >= 0.3 is 0 Å². The second-order valence-corrected chi connectivity index (χ2v) is 7.12. The predicted molar refractivity (Wildman–Crippen MR) is 91.3 cm³/mol. The van der Waals surface area contributed by atoms with Crippen LogP contribution in [0.15, 0.2) is 35.2 Å². The molecule has 0 heterocycles. The Bertz CT molecular complexity index is 834. The van der Waals surface area contributed by atoms with Crippen molar-refractivity contribution in [3.05, 3.63) is 46.5 Å². The van der Waals surface area contributed by atoms with Crippen LogP contribution < -0.4 is 14.2 Å². The molecule has 0 amide bonds. The standard InChI is InChI=1S/C16H18ClNO4S/c1-10-8-16(11(2)7-15(10)22-4)23(19,20)18-13-9-12(17)5-6-14(13)21-3/h5-9,18H,1-4H3. The van der Waals surface area contributed by atoms with Gasteiger partial charge in [0.15, 0.2) is 0 Å². The summed E-state index contributed by atoms with van der Waals surface area (Å²) >= 11 is 5.94. The van der Waals surface area contributed by atoms with Crippen LogP contribution in [0.1, 0.15) is 11.1 Å². The number of hydrogen-bond donors (Lipinski definition) is 1. The Kier molecular flexibility index (Phi) is 5.06. The van der Waals surface area contributed by atoms with Gasteiger partial charge in [0.1, 0.15) is 11.5 Å². The molecule has 2 aromatic carbocycles. The first-order valence-corrected chi connectivity index (χ1v) is 8.66. The lowest BCUT2D eigenvalue weighted by molar-refractivity contribution is 0.411. The van der Waals surface area contributed by atoms with Crippen molar-refractivity contribution in [3.63, 3.8) is 0 Å². The molecule has 5 nitrogen and oxygen atoms in total. The summed E-state index contributed by atoms with van der Waals surface area (Å²) in [6, 6.07) is 8.00. The highest BCUT2D eigenvalue weighted by Gasteiger charge is 2.20. The lowest BCUT2D eigenvalue weighted by atomic mass is 10.1. The molecule has 0 saturated carbocycles. The molecule has 0 atom stereocenters. The van der Waals surface area contributed by atoms with Crippen LogP contribution in [-0.2, 0) is 10.0 Å². The number of benzene rings is 2. The van der Waals surface area contributed by atoms with Crippen LogP contribution in [-0.4, -0.2) is 22.6 Å². The molecule has 23 heavy (non-hydrogen) atoms. The molecule has 0 unspecified atom stereocenters. The highest BCUT2D eigenvalue weighted by Crippen LogP contribution is 2.32. The number of aryl methyl sites for hydroxylation is 2. The van der Waals surface area contributed by atoms with Crippen molar-refractivity contribution < 1.29 is 17.9 Å². The van der Waals surface area contributed by atoms with Gasteiger partial charge in [-0.2, -0.15) is 0 Å². The minimum Gasteiger partial charge on any atom is -0.496 e. The largest absolute Gasteiger partial charge is 0.496 e. The molecule has 0 saturated heterocycles. The Morgan fingerprint density at radius 3 is 2.22 bits per heavy atom. The Labute approximate surface area is 141 Å². The van der Waals surface area contributed by atoms with E-state index in [-0.39, 0.29) is 10.6 Å². The van der Waals surface area contributed by atoms with Gasteiger partial charge < -0.3 is 9.47 Å². The third-order valence-corrected chi connectivity index (χ3v) is 5.13. The van der Waals surface area contributed by atoms with E-state index in [0.717, 1.165) is 5.56 Å². The molecule has 2 rings (SSSR count). The minimum absolute atomic E-state index is 0.179. The Morgan fingerprint density at radius 2 is 1.61 bits per heavy atom. The van der Waals surface area contributed by atoms with E-state index in [9.17, 15) is 8.42 Å². The number of halogens is 1. The summed E-state index contributed by atoms with van der Waals surface area (Å²) in [4.78, 5) is 0.179. The molecular formula is C16H18ClNO4S. The van der Waals surface area contributed by atoms with Gasteiger partial charge in [-0.1, -0.05) is 11.6 Å². The molecule has 0 aliphatic rings. The average Bonchev–Trinajstić information content (AvgIpc) is 2.48. The summed E-state index contributed by atoms with van der Waals surface area (Å²) in [6.45, 7) is 3.50. The molecule has 0 bridgehead atoms. The van der Waals surface area contributed by atoms with E-state index in [1.807, 2.05) is 0 Å². The van der Waals surface area contributed by atoms with Crippen molar-refractivity contribution in [2.24, 2.45) is 0 Å². The van der Waals surface area contributed by atoms with Gasteiger partial charge in [0.25, 0.3) is 10.0 Å². The SMILES string of the molecule is COc1cc(C)c(S(=O)(=O)Nc2cc(Cl)ccc2OC)cc1C. The van der Waals surface area contributed by atoms with E-state index in [1.54, 1.807) is 45.2 Å². The first-order valence-electron chi connectivity index (χ1n) is 6.80. The number of ether oxygens (including phenoxy) is 2. The van der Waals surface area contributed by atoms with Crippen molar-refractivity contribution in [1.29, 1.82) is 0 Å². The van der Waals surface area contributed by atoms with Crippen molar-refractivity contribution in [1.82, 2.24) is 0 Å². The van der Waals surface area contributed by atoms with Crippen LogP contribution >= 0.6 is 11.6 Å². The number of methoxy groups -OCH3 is 2. The lowest BCUT2D eigenvalue weighted by Gasteiger charge is -2.15. The van der Waals surface area contributed by atoms with Gasteiger partial charge in [0.2, 0.25) is 0 Å². The highest BCUT2D eigenvalue weighted by atomic mass is 35.5. The first-order chi connectivity index (χ1) is 10.8. The van der Waals surface area contributed by atoms with Gasteiger partial charge in [-0.3, -0.25) is 4.72 Å². The predicted octanol–water partition coefficient (Wildman–Crippen LogP) is 3.77. The fourth-order valence-electron chi connectivity index (χ4n) is 2.23. The van der Waals surface area contributed by atoms with E-state index < -0.39 is 10.0 Å². The van der Waals surface area contributed by atoms with Gasteiger partial charge in [-0.05, 0) is 55.3 Å². The smallest absolute Gasteiger partial charge is 0.262 e. The van der Waals surface area contributed by atoms with Crippen LogP contribution in [0.25, 0.3) is 0 Å². The van der Waals surface area contributed by atoms with Gasteiger partial charge in [0, 0.05) is 5.02 Å². The maximum atomic E-state index is 12.7. The summed E-state index contributed by atoms with van der Waals surface area (Å²) in [5.41, 5.74) is 1.60. The van der Waals surface area contributed by atoms with Gasteiger partial charge in [0.05, 0.1) is 24.8 Å². The molecule has 0 radical (unpaired) electrons. The van der Waals surface area contributed by atoms with Gasteiger partial charge in [-0.25, -0.2) is 8.42 Å². The molecule has 0 spiro atoms. The van der Waals surface area contributed by atoms with Crippen LogP contribution in [0.2, 0.25) is 5.02 Å². The zero-order valence-electron chi connectivity index (χ0n) is 13.3. The number of hydrogen-bond acceptors (Lipinski definition) is 4.